The molecule has 6 nitrogen and oxygen atoms in total. The Morgan fingerprint density at radius 2 is 2.00 bits per heavy atom. The van der Waals surface area contributed by atoms with E-state index < -0.39 is 0 Å². The van der Waals surface area contributed by atoms with Crippen molar-refractivity contribution in [2.75, 3.05) is 18.5 Å². The minimum atomic E-state index is -0.207. The number of anilines is 1. The highest BCUT2D eigenvalue weighted by molar-refractivity contribution is 6.01. The Bertz CT molecular complexity index is 830. The van der Waals surface area contributed by atoms with Gasteiger partial charge in [0.1, 0.15) is 6.54 Å². The molecule has 0 aliphatic rings. The summed E-state index contributed by atoms with van der Waals surface area (Å²) in [6.45, 7) is 6.75. The van der Waals surface area contributed by atoms with Crippen LogP contribution >= 0.6 is 0 Å². The lowest BCUT2D eigenvalue weighted by atomic mass is 10.1. The van der Waals surface area contributed by atoms with E-state index in [9.17, 15) is 9.59 Å². The predicted molar refractivity (Wildman–Crippen MR) is 102 cm³/mol. The van der Waals surface area contributed by atoms with Gasteiger partial charge >= 0.3 is 0 Å². The smallest absolute Gasteiger partial charge is 0.254 e. The molecule has 0 unspecified atom stereocenters. The highest BCUT2D eigenvalue weighted by atomic mass is 16.2. The third kappa shape index (κ3) is 4.39. The first kappa shape index (κ1) is 19.0. The number of aromatic nitrogens is 2. The largest absolute Gasteiger partial charge is 0.333 e. The van der Waals surface area contributed by atoms with Crippen LogP contribution in [0.2, 0.25) is 0 Å². The topological polar surface area (TPSA) is 58.4 Å². The average Bonchev–Trinajstić information content (AvgIpc) is 3.11. The van der Waals surface area contributed by atoms with Crippen molar-refractivity contribution in [2.45, 2.75) is 20.0 Å². The summed E-state index contributed by atoms with van der Waals surface area (Å²) in [5, 5.41) is 4.36. The van der Waals surface area contributed by atoms with Crippen molar-refractivity contribution in [1.29, 1.82) is 0 Å². The molecule has 0 spiro atoms. The number of carbonyl (C=O) groups is 2. The SMILES string of the molecule is C#CCn1ccc(CN(CC)C(=O)c2ccc(N(C)C(=O)C=C)cc2)n1. The predicted octanol–water partition coefficient (Wildman–Crippen LogP) is 2.33. The molecule has 1 aromatic carbocycles. The Hall–Kier alpha value is -3.33. The van der Waals surface area contributed by atoms with E-state index in [1.807, 2.05) is 13.0 Å². The highest BCUT2D eigenvalue weighted by Crippen LogP contribution is 2.16. The second-order valence-electron chi connectivity index (χ2n) is 5.68. The van der Waals surface area contributed by atoms with Crippen LogP contribution in [-0.4, -0.2) is 40.1 Å². The minimum Gasteiger partial charge on any atom is -0.333 e. The Labute approximate surface area is 153 Å². The van der Waals surface area contributed by atoms with E-state index in [1.54, 1.807) is 47.1 Å². The molecule has 0 bridgehead atoms. The Balaban J connectivity index is 2.10. The first-order valence-electron chi connectivity index (χ1n) is 8.25. The van der Waals surface area contributed by atoms with E-state index >= 15 is 0 Å². The second-order valence-corrected chi connectivity index (χ2v) is 5.68. The Kier molecular flexibility index (Phi) is 6.34. The second kappa shape index (κ2) is 8.67. The van der Waals surface area contributed by atoms with Crippen LogP contribution in [-0.2, 0) is 17.9 Å². The van der Waals surface area contributed by atoms with Gasteiger partial charge in [-0.3, -0.25) is 14.3 Å². The van der Waals surface area contributed by atoms with Crippen LogP contribution in [0.5, 0.6) is 0 Å². The van der Waals surface area contributed by atoms with E-state index in [1.165, 1.54) is 11.0 Å². The maximum Gasteiger partial charge on any atom is 0.254 e. The third-order valence-electron chi connectivity index (χ3n) is 3.98. The highest BCUT2D eigenvalue weighted by Gasteiger charge is 2.16. The number of nitrogens with zero attached hydrogens (tertiary/aromatic N) is 4. The molecule has 0 fully saturated rings. The molecular weight excluding hydrogens is 328 g/mol. The van der Waals surface area contributed by atoms with Gasteiger partial charge in [-0.2, -0.15) is 5.10 Å². The monoisotopic (exact) mass is 350 g/mol. The standard InChI is InChI=1S/C20H22N4O2/c1-5-13-24-14-12-17(21-24)15-23(7-3)20(26)16-8-10-18(11-9-16)22(4)19(25)6-2/h1,6,8-12,14H,2,7,13,15H2,3-4H3. The number of amides is 2. The first-order valence-corrected chi connectivity index (χ1v) is 8.25. The fourth-order valence-electron chi connectivity index (χ4n) is 2.47. The molecule has 0 N–H and O–H groups in total. The average molecular weight is 350 g/mol. The number of carbonyl (C=O) groups excluding carboxylic acids is 2. The van der Waals surface area contributed by atoms with E-state index in [0.29, 0.717) is 30.9 Å². The van der Waals surface area contributed by atoms with Crippen molar-refractivity contribution < 1.29 is 9.59 Å². The Morgan fingerprint density at radius 3 is 2.58 bits per heavy atom. The number of hydrogen-bond donors (Lipinski definition) is 0. The van der Waals surface area contributed by atoms with Gasteiger partial charge in [-0.1, -0.05) is 12.5 Å². The summed E-state index contributed by atoms with van der Waals surface area (Å²) in [4.78, 5) is 27.6. The molecule has 2 aromatic rings. The lowest BCUT2D eigenvalue weighted by Crippen LogP contribution is -2.30. The summed E-state index contributed by atoms with van der Waals surface area (Å²) < 4.78 is 1.66. The number of benzene rings is 1. The van der Waals surface area contributed by atoms with E-state index in [4.69, 9.17) is 6.42 Å². The normalized spacial score (nSPS) is 10.0. The van der Waals surface area contributed by atoms with Crippen LogP contribution in [0.15, 0.2) is 49.2 Å². The molecule has 2 rings (SSSR count). The summed E-state index contributed by atoms with van der Waals surface area (Å²) in [7, 11) is 1.66. The summed E-state index contributed by atoms with van der Waals surface area (Å²) in [5.41, 5.74) is 2.03. The van der Waals surface area contributed by atoms with Gasteiger partial charge in [-0.05, 0) is 43.3 Å². The van der Waals surface area contributed by atoms with Crippen LogP contribution < -0.4 is 4.90 Å². The molecular formula is C20H22N4O2. The van der Waals surface area contributed by atoms with E-state index in [2.05, 4.69) is 17.6 Å². The van der Waals surface area contributed by atoms with Gasteiger partial charge in [-0.15, -0.1) is 6.42 Å². The summed E-state index contributed by atoms with van der Waals surface area (Å²) >= 11 is 0. The van der Waals surface area contributed by atoms with E-state index in [-0.39, 0.29) is 11.8 Å². The maximum atomic E-state index is 12.7. The first-order chi connectivity index (χ1) is 12.5. The number of likely N-dealkylation sites (N-methyl/N-ethyl adjacent to an activating group) is 1. The third-order valence-corrected chi connectivity index (χ3v) is 3.98. The zero-order valence-electron chi connectivity index (χ0n) is 15.1. The van der Waals surface area contributed by atoms with Gasteiger partial charge in [0.25, 0.3) is 5.91 Å². The molecule has 6 heteroatoms. The molecule has 1 aromatic heterocycles. The molecule has 134 valence electrons. The molecule has 26 heavy (non-hydrogen) atoms. The molecule has 2 amide bonds. The van der Waals surface area contributed by atoms with Crippen LogP contribution in [0.25, 0.3) is 0 Å². The van der Waals surface area contributed by atoms with Gasteiger partial charge in [0, 0.05) is 31.0 Å². The van der Waals surface area contributed by atoms with Gasteiger partial charge in [0.05, 0.1) is 12.2 Å². The molecule has 0 saturated heterocycles. The molecule has 0 radical (unpaired) electrons. The van der Waals surface area contributed by atoms with Crippen LogP contribution in [0, 0.1) is 12.3 Å². The van der Waals surface area contributed by atoms with Crippen molar-refractivity contribution in [3.05, 3.63) is 60.4 Å². The molecule has 0 atom stereocenters. The summed E-state index contributed by atoms with van der Waals surface area (Å²) in [6, 6.07) is 8.76. The molecule has 1 heterocycles. The lowest BCUT2D eigenvalue weighted by Gasteiger charge is -2.21. The zero-order valence-corrected chi connectivity index (χ0v) is 15.1. The van der Waals surface area contributed by atoms with Gasteiger partial charge in [-0.25, -0.2) is 0 Å². The maximum absolute atomic E-state index is 12.7. The number of hydrogen-bond acceptors (Lipinski definition) is 3. The zero-order chi connectivity index (χ0) is 19.1. The van der Waals surface area contributed by atoms with Gasteiger partial charge < -0.3 is 9.80 Å². The van der Waals surface area contributed by atoms with Gasteiger partial charge in [0.15, 0.2) is 0 Å². The summed E-state index contributed by atoms with van der Waals surface area (Å²) in [5.74, 6) is 2.22. The van der Waals surface area contributed by atoms with Gasteiger partial charge in [0.2, 0.25) is 5.91 Å². The summed E-state index contributed by atoms with van der Waals surface area (Å²) in [6.07, 6.45) is 8.32. The fourth-order valence-corrected chi connectivity index (χ4v) is 2.47. The molecule has 0 aliphatic carbocycles. The Morgan fingerprint density at radius 1 is 1.31 bits per heavy atom. The van der Waals surface area contributed by atoms with Crippen molar-refractivity contribution in [2.24, 2.45) is 0 Å². The van der Waals surface area contributed by atoms with Crippen LogP contribution in [0.3, 0.4) is 0 Å². The van der Waals surface area contributed by atoms with Crippen molar-refractivity contribution in [3.8, 4) is 12.3 Å². The molecule has 0 saturated carbocycles. The quantitative estimate of drug-likeness (QED) is 0.569. The van der Waals surface area contributed by atoms with Crippen LogP contribution in [0.1, 0.15) is 23.0 Å². The van der Waals surface area contributed by atoms with Crippen LogP contribution in [0.4, 0.5) is 5.69 Å². The molecule has 0 aliphatic heterocycles. The number of rotatable bonds is 7. The fraction of sp³-hybridized carbons (Fsp3) is 0.250. The minimum absolute atomic E-state index is 0.0942. The van der Waals surface area contributed by atoms with Crippen molar-refractivity contribution in [1.82, 2.24) is 14.7 Å². The van der Waals surface area contributed by atoms with Crippen molar-refractivity contribution >= 4 is 17.5 Å². The number of terminal acetylenes is 1. The lowest BCUT2D eigenvalue weighted by molar-refractivity contribution is -0.113. The van der Waals surface area contributed by atoms with E-state index in [0.717, 1.165) is 5.69 Å². The van der Waals surface area contributed by atoms with Crippen molar-refractivity contribution in [3.63, 3.8) is 0 Å².